The van der Waals surface area contributed by atoms with Crippen molar-refractivity contribution in [3.8, 4) is 0 Å². The Morgan fingerprint density at radius 2 is 1.83 bits per heavy atom. The van der Waals surface area contributed by atoms with Gasteiger partial charge >= 0.3 is 0 Å². The van der Waals surface area contributed by atoms with Crippen LogP contribution in [0.25, 0.3) is 10.9 Å². The summed E-state index contributed by atoms with van der Waals surface area (Å²) in [5, 5.41) is 0.860. The Labute approximate surface area is 140 Å². The Bertz CT molecular complexity index is 972. The van der Waals surface area contributed by atoms with Crippen LogP contribution in [-0.4, -0.2) is 43.6 Å². The molecule has 0 atom stereocenters. The maximum atomic E-state index is 13.0. The molecule has 1 aromatic heterocycles. The van der Waals surface area contributed by atoms with Gasteiger partial charge in [-0.25, -0.2) is 8.42 Å². The maximum Gasteiger partial charge on any atom is 0.251 e. The van der Waals surface area contributed by atoms with E-state index in [1.165, 1.54) is 4.31 Å². The van der Waals surface area contributed by atoms with Crippen molar-refractivity contribution in [3.05, 3.63) is 39.7 Å². The number of nitrogens with zero attached hydrogens (tertiary/aromatic N) is 2. The average Bonchev–Trinajstić information content (AvgIpc) is 2.59. The molecule has 0 aliphatic carbocycles. The lowest BCUT2D eigenvalue weighted by Gasteiger charge is -2.27. The van der Waals surface area contributed by atoms with Crippen LogP contribution in [-0.2, 0) is 27.7 Å². The summed E-state index contributed by atoms with van der Waals surface area (Å²) >= 11 is 0. The molecule has 0 amide bonds. The van der Waals surface area contributed by atoms with E-state index in [2.05, 4.69) is 0 Å². The van der Waals surface area contributed by atoms with Gasteiger partial charge in [-0.2, -0.15) is 4.31 Å². The van der Waals surface area contributed by atoms with Crippen LogP contribution in [0, 0.1) is 6.92 Å². The fraction of sp³-hybridized carbons (Fsp3) is 0.471. The monoisotopic (exact) mass is 348 g/mol. The van der Waals surface area contributed by atoms with Crippen LogP contribution in [0.3, 0.4) is 0 Å². The normalized spacial score (nSPS) is 18.9. The first-order chi connectivity index (χ1) is 11.5. The van der Waals surface area contributed by atoms with Crippen molar-refractivity contribution < 1.29 is 13.2 Å². The number of sulfonamides is 1. The Kier molecular flexibility index (Phi) is 3.74. The van der Waals surface area contributed by atoms with Gasteiger partial charge in [0.25, 0.3) is 5.56 Å². The van der Waals surface area contributed by atoms with E-state index in [0.29, 0.717) is 37.7 Å². The number of hydrogen-bond acceptors (Lipinski definition) is 4. The van der Waals surface area contributed by atoms with Crippen molar-refractivity contribution >= 4 is 20.9 Å². The summed E-state index contributed by atoms with van der Waals surface area (Å²) in [6.07, 6.45) is 1.65. The minimum absolute atomic E-state index is 0.00950. The van der Waals surface area contributed by atoms with Crippen LogP contribution in [0.15, 0.2) is 27.9 Å². The summed E-state index contributed by atoms with van der Waals surface area (Å²) in [6, 6.07) is 5.07. The van der Waals surface area contributed by atoms with Crippen LogP contribution in [0.1, 0.15) is 17.5 Å². The minimum Gasteiger partial charge on any atom is -0.379 e. The van der Waals surface area contributed by atoms with E-state index in [-0.39, 0.29) is 5.56 Å². The molecule has 3 heterocycles. The molecule has 4 rings (SSSR count). The van der Waals surface area contributed by atoms with E-state index in [0.717, 1.165) is 34.9 Å². The van der Waals surface area contributed by atoms with Crippen LogP contribution in [0.2, 0.25) is 0 Å². The van der Waals surface area contributed by atoms with Crippen molar-refractivity contribution in [2.45, 2.75) is 31.2 Å². The van der Waals surface area contributed by atoms with Crippen molar-refractivity contribution in [1.82, 2.24) is 8.87 Å². The summed E-state index contributed by atoms with van der Waals surface area (Å²) in [5.74, 6) is 0. The molecule has 7 heteroatoms. The summed E-state index contributed by atoms with van der Waals surface area (Å²) in [4.78, 5) is 12.5. The molecule has 0 bridgehead atoms. The van der Waals surface area contributed by atoms with Gasteiger partial charge in [-0.3, -0.25) is 4.79 Å². The topological polar surface area (TPSA) is 68.6 Å². The third-order valence-corrected chi connectivity index (χ3v) is 6.78. The van der Waals surface area contributed by atoms with Crippen molar-refractivity contribution in [1.29, 1.82) is 0 Å². The average molecular weight is 348 g/mol. The summed E-state index contributed by atoms with van der Waals surface area (Å²) < 4.78 is 34.5. The van der Waals surface area contributed by atoms with Crippen molar-refractivity contribution in [3.63, 3.8) is 0 Å². The Balaban J connectivity index is 1.94. The van der Waals surface area contributed by atoms with Gasteiger partial charge in [0.15, 0.2) is 0 Å². The third-order valence-electron chi connectivity index (χ3n) is 4.90. The first-order valence-electron chi connectivity index (χ1n) is 8.23. The van der Waals surface area contributed by atoms with Gasteiger partial charge in [0.1, 0.15) is 0 Å². The second-order valence-electron chi connectivity index (χ2n) is 6.42. The van der Waals surface area contributed by atoms with Crippen molar-refractivity contribution in [2.75, 3.05) is 26.3 Å². The van der Waals surface area contributed by atoms with Crippen LogP contribution >= 0.6 is 0 Å². The van der Waals surface area contributed by atoms with E-state index >= 15 is 0 Å². The highest BCUT2D eigenvalue weighted by Gasteiger charge is 2.28. The maximum absolute atomic E-state index is 13.0. The molecule has 1 fully saturated rings. The third kappa shape index (κ3) is 2.39. The predicted molar refractivity (Wildman–Crippen MR) is 90.8 cm³/mol. The molecule has 0 saturated carbocycles. The molecule has 1 aromatic carbocycles. The molecule has 24 heavy (non-hydrogen) atoms. The lowest BCUT2D eigenvalue weighted by molar-refractivity contribution is 0.0730. The fourth-order valence-corrected chi connectivity index (χ4v) is 5.15. The van der Waals surface area contributed by atoms with Gasteiger partial charge in [-0.05, 0) is 43.0 Å². The van der Waals surface area contributed by atoms with Gasteiger partial charge in [0.05, 0.1) is 23.6 Å². The van der Waals surface area contributed by atoms with E-state index in [9.17, 15) is 13.2 Å². The largest absolute Gasteiger partial charge is 0.379 e. The summed E-state index contributed by atoms with van der Waals surface area (Å²) in [6.45, 7) is 4.18. The highest BCUT2D eigenvalue weighted by Crippen LogP contribution is 2.30. The first kappa shape index (κ1) is 15.8. The molecule has 1 saturated heterocycles. The number of pyridine rings is 1. The van der Waals surface area contributed by atoms with Crippen LogP contribution < -0.4 is 5.56 Å². The fourth-order valence-electron chi connectivity index (χ4n) is 3.66. The number of morpholine rings is 1. The SMILES string of the molecule is Cc1cc(=O)n2c3c(cc(S(=O)(=O)N4CCOCC4)cc13)CCC2. The van der Waals surface area contributed by atoms with Crippen LogP contribution in [0.5, 0.6) is 0 Å². The smallest absolute Gasteiger partial charge is 0.251 e. The molecule has 6 nitrogen and oxygen atoms in total. The van der Waals surface area contributed by atoms with Gasteiger partial charge in [0, 0.05) is 31.1 Å². The molecule has 2 aliphatic heterocycles. The van der Waals surface area contributed by atoms with E-state index in [4.69, 9.17) is 4.74 Å². The molecule has 2 aromatic rings. The van der Waals surface area contributed by atoms with Gasteiger partial charge < -0.3 is 9.30 Å². The van der Waals surface area contributed by atoms with Gasteiger partial charge in [-0.1, -0.05) is 0 Å². The molecule has 0 radical (unpaired) electrons. The number of aryl methyl sites for hydroxylation is 3. The molecule has 128 valence electrons. The molecular formula is C17H20N2O4S. The molecule has 0 spiro atoms. The highest BCUT2D eigenvalue weighted by atomic mass is 32.2. The number of benzene rings is 1. The van der Waals surface area contributed by atoms with Gasteiger partial charge in [-0.15, -0.1) is 0 Å². The summed E-state index contributed by atoms with van der Waals surface area (Å²) in [7, 11) is -3.54. The second kappa shape index (κ2) is 5.68. The summed E-state index contributed by atoms with van der Waals surface area (Å²) in [5.41, 5.74) is 2.66. The number of rotatable bonds is 2. The van der Waals surface area contributed by atoms with E-state index in [1.807, 2.05) is 6.92 Å². The number of hydrogen-bond donors (Lipinski definition) is 0. The van der Waals surface area contributed by atoms with Crippen LogP contribution in [0.4, 0.5) is 0 Å². The molecule has 0 N–H and O–H groups in total. The lowest BCUT2D eigenvalue weighted by Crippen LogP contribution is -2.40. The highest BCUT2D eigenvalue weighted by molar-refractivity contribution is 7.89. The zero-order valence-electron chi connectivity index (χ0n) is 13.6. The minimum atomic E-state index is -3.54. The second-order valence-corrected chi connectivity index (χ2v) is 8.35. The number of aromatic nitrogens is 1. The number of ether oxygens (including phenoxy) is 1. The standard InChI is InChI=1S/C17H20N2O4S/c1-12-9-16(20)19-4-2-3-13-10-14(11-15(12)17(13)19)24(21,22)18-5-7-23-8-6-18/h9-11H,2-8H2,1H3. The van der Waals surface area contributed by atoms with Crippen molar-refractivity contribution in [2.24, 2.45) is 0 Å². The Morgan fingerprint density at radius 3 is 2.58 bits per heavy atom. The molecule has 2 aliphatic rings. The Hall–Kier alpha value is -1.70. The zero-order chi connectivity index (χ0) is 16.9. The first-order valence-corrected chi connectivity index (χ1v) is 9.67. The zero-order valence-corrected chi connectivity index (χ0v) is 14.4. The Morgan fingerprint density at radius 1 is 1.08 bits per heavy atom. The van der Waals surface area contributed by atoms with E-state index in [1.54, 1.807) is 22.8 Å². The molecule has 0 unspecified atom stereocenters. The lowest BCUT2D eigenvalue weighted by atomic mass is 9.99. The molecular weight excluding hydrogens is 328 g/mol. The van der Waals surface area contributed by atoms with Gasteiger partial charge in [0.2, 0.25) is 10.0 Å². The predicted octanol–water partition coefficient (Wildman–Crippen LogP) is 1.28. The quantitative estimate of drug-likeness (QED) is 0.820. The van der Waals surface area contributed by atoms with E-state index < -0.39 is 10.0 Å².